The number of nitrogens with two attached hydrogens (primary N) is 1. The summed E-state index contributed by atoms with van der Waals surface area (Å²) in [6.45, 7) is 0. The molecule has 0 aliphatic rings. The van der Waals surface area contributed by atoms with Gasteiger partial charge in [0.1, 0.15) is 5.82 Å². The van der Waals surface area contributed by atoms with Gasteiger partial charge in [0.05, 0.1) is 11.3 Å². The van der Waals surface area contributed by atoms with Crippen LogP contribution < -0.4 is 11.1 Å². The minimum Gasteiger partial charge on any atom is -0.366 e. The highest BCUT2D eigenvalue weighted by atomic mass is 35.5. The van der Waals surface area contributed by atoms with Crippen molar-refractivity contribution in [2.24, 2.45) is 5.73 Å². The van der Waals surface area contributed by atoms with Crippen molar-refractivity contribution < 1.29 is 4.79 Å². The van der Waals surface area contributed by atoms with E-state index >= 15 is 0 Å². The molecule has 3 aromatic rings. The summed E-state index contributed by atoms with van der Waals surface area (Å²) in [6, 6.07) is 12.1. The monoisotopic (exact) mass is 313 g/mol. The summed E-state index contributed by atoms with van der Waals surface area (Å²) >= 11 is 5.89. The third-order valence-corrected chi connectivity index (χ3v) is 3.22. The number of amides is 1. The van der Waals surface area contributed by atoms with Crippen LogP contribution in [0.3, 0.4) is 0 Å². The zero-order valence-electron chi connectivity index (χ0n) is 11.4. The van der Waals surface area contributed by atoms with Gasteiger partial charge in [-0.1, -0.05) is 17.7 Å². The molecule has 2 heterocycles. The largest absolute Gasteiger partial charge is 0.366 e. The Morgan fingerprint density at radius 1 is 1.23 bits per heavy atom. The van der Waals surface area contributed by atoms with Crippen LogP contribution in [0, 0.1) is 0 Å². The second-order valence-electron chi connectivity index (χ2n) is 4.51. The maximum Gasteiger partial charge on any atom is 0.250 e. The highest BCUT2D eigenvalue weighted by Gasteiger charge is 2.10. The van der Waals surface area contributed by atoms with E-state index in [9.17, 15) is 4.79 Å². The molecule has 3 N–H and O–H groups in total. The second-order valence-corrected chi connectivity index (χ2v) is 4.95. The number of nitrogens with one attached hydrogen (secondary N) is 1. The number of hydrogen-bond donors (Lipinski definition) is 2. The predicted molar refractivity (Wildman–Crippen MR) is 84.6 cm³/mol. The Morgan fingerprint density at radius 2 is 2.09 bits per heavy atom. The summed E-state index contributed by atoms with van der Waals surface area (Å²) in [4.78, 5) is 15.9. The predicted octanol–water partition coefficient (Wildman–Crippen LogP) is 2.76. The van der Waals surface area contributed by atoms with Crippen LogP contribution in [0.4, 0.5) is 11.5 Å². The Labute approximate surface area is 131 Å². The number of nitrogens with zero attached hydrogens (tertiary/aromatic N) is 3. The molecular formula is C15H12ClN5O. The summed E-state index contributed by atoms with van der Waals surface area (Å²) in [5.41, 5.74) is 6.22. The highest BCUT2D eigenvalue weighted by molar-refractivity contribution is 6.31. The second kappa shape index (κ2) is 5.87. The van der Waals surface area contributed by atoms with Gasteiger partial charge < -0.3 is 11.1 Å². The van der Waals surface area contributed by atoms with Gasteiger partial charge in [0.15, 0.2) is 5.82 Å². The lowest BCUT2D eigenvalue weighted by Gasteiger charge is -2.11. The maximum atomic E-state index is 11.5. The molecule has 0 fully saturated rings. The van der Waals surface area contributed by atoms with E-state index in [1.807, 2.05) is 18.2 Å². The average molecular weight is 314 g/mol. The van der Waals surface area contributed by atoms with E-state index in [2.05, 4.69) is 15.4 Å². The number of anilines is 2. The van der Waals surface area contributed by atoms with Crippen molar-refractivity contribution in [3.8, 4) is 5.82 Å². The quantitative estimate of drug-likeness (QED) is 0.775. The molecule has 22 heavy (non-hydrogen) atoms. The molecule has 0 bridgehead atoms. The van der Waals surface area contributed by atoms with Crippen LogP contribution in [-0.4, -0.2) is 20.7 Å². The number of halogens is 1. The number of rotatable bonds is 4. The number of pyridine rings is 1. The zero-order chi connectivity index (χ0) is 15.5. The van der Waals surface area contributed by atoms with Crippen molar-refractivity contribution in [3.63, 3.8) is 0 Å². The Bertz CT molecular complexity index is 817. The third kappa shape index (κ3) is 2.91. The first-order chi connectivity index (χ1) is 10.6. The van der Waals surface area contributed by atoms with Crippen molar-refractivity contribution in [2.45, 2.75) is 0 Å². The molecule has 1 aromatic carbocycles. The zero-order valence-corrected chi connectivity index (χ0v) is 12.2. The average Bonchev–Trinajstić information content (AvgIpc) is 3.03. The SMILES string of the molecule is NC(=O)c1cc(Cl)ccc1Nc1cccc(-n2cccn2)n1. The summed E-state index contributed by atoms with van der Waals surface area (Å²) in [6.07, 6.45) is 3.47. The number of aromatic nitrogens is 3. The fourth-order valence-corrected chi connectivity index (χ4v) is 2.16. The van der Waals surface area contributed by atoms with E-state index in [1.54, 1.807) is 35.3 Å². The van der Waals surface area contributed by atoms with Crippen LogP contribution in [0.5, 0.6) is 0 Å². The van der Waals surface area contributed by atoms with Crippen molar-refractivity contribution in [1.29, 1.82) is 0 Å². The van der Waals surface area contributed by atoms with Gasteiger partial charge in [-0.15, -0.1) is 0 Å². The van der Waals surface area contributed by atoms with E-state index in [-0.39, 0.29) is 0 Å². The van der Waals surface area contributed by atoms with Gasteiger partial charge in [0.25, 0.3) is 5.91 Å². The topological polar surface area (TPSA) is 85.8 Å². The third-order valence-electron chi connectivity index (χ3n) is 2.98. The first kappa shape index (κ1) is 14.1. The molecule has 0 atom stereocenters. The van der Waals surface area contributed by atoms with E-state index in [4.69, 9.17) is 17.3 Å². The van der Waals surface area contributed by atoms with Crippen LogP contribution in [-0.2, 0) is 0 Å². The number of benzene rings is 1. The van der Waals surface area contributed by atoms with Crippen molar-refractivity contribution in [1.82, 2.24) is 14.8 Å². The van der Waals surface area contributed by atoms with Gasteiger partial charge in [-0.25, -0.2) is 9.67 Å². The molecule has 0 aliphatic carbocycles. The molecule has 0 aliphatic heterocycles. The number of hydrogen-bond acceptors (Lipinski definition) is 4. The molecular weight excluding hydrogens is 302 g/mol. The van der Waals surface area contributed by atoms with E-state index < -0.39 is 5.91 Å². The van der Waals surface area contributed by atoms with Gasteiger partial charge in [-0.2, -0.15) is 5.10 Å². The van der Waals surface area contributed by atoms with E-state index in [0.29, 0.717) is 27.9 Å². The number of carbonyl (C=O) groups excluding carboxylic acids is 1. The molecule has 2 aromatic heterocycles. The van der Waals surface area contributed by atoms with Crippen LogP contribution in [0.1, 0.15) is 10.4 Å². The fourth-order valence-electron chi connectivity index (χ4n) is 1.99. The Balaban J connectivity index is 1.94. The summed E-state index contributed by atoms with van der Waals surface area (Å²) in [7, 11) is 0. The molecule has 6 nitrogen and oxygen atoms in total. The first-order valence-electron chi connectivity index (χ1n) is 6.47. The minimum atomic E-state index is -0.562. The standard InChI is InChI=1S/C15H12ClN5O/c16-10-5-6-12(11(9-10)15(17)22)19-13-3-1-4-14(20-13)21-8-2-7-18-21/h1-9H,(H2,17,22)(H,19,20). The van der Waals surface area contributed by atoms with Crippen molar-refractivity contribution in [3.05, 3.63) is 65.4 Å². The Hall–Kier alpha value is -2.86. The fraction of sp³-hybridized carbons (Fsp3) is 0. The number of carbonyl (C=O) groups is 1. The van der Waals surface area contributed by atoms with Crippen molar-refractivity contribution >= 4 is 29.0 Å². The summed E-state index contributed by atoms with van der Waals surface area (Å²) < 4.78 is 1.64. The van der Waals surface area contributed by atoms with Gasteiger partial charge in [-0.3, -0.25) is 4.79 Å². The molecule has 7 heteroatoms. The van der Waals surface area contributed by atoms with E-state index in [1.165, 1.54) is 6.07 Å². The maximum absolute atomic E-state index is 11.5. The van der Waals surface area contributed by atoms with Crippen LogP contribution in [0.15, 0.2) is 54.9 Å². The Morgan fingerprint density at radius 3 is 2.82 bits per heavy atom. The molecule has 0 unspecified atom stereocenters. The lowest BCUT2D eigenvalue weighted by atomic mass is 10.1. The minimum absolute atomic E-state index is 0.304. The van der Waals surface area contributed by atoms with E-state index in [0.717, 1.165) is 0 Å². The van der Waals surface area contributed by atoms with Crippen molar-refractivity contribution in [2.75, 3.05) is 5.32 Å². The Kier molecular flexibility index (Phi) is 3.76. The smallest absolute Gasteiger partial charge is 0.250 e. The molecule has 1 amide bonds. The molecule has 0 saturated carbocycles. The summed E-state index contributed by atoms with van der Waals surface area (Å²) in [5.74, 6) is 0.663. The summed E-state index contributed by atoms with van der Waals surface area (Å²) in [5, 5.41) is 7.64. The molecule has 0 radical (unpaired) electrons. The van der Waals surface area contributed by atoms with Gasteiger partial charge >= 0.3 is 0 Å². The van der Waals surface area contributed by atoms with Gasteiger partial charge in [0, 0.05) is 17.4 Å². The first-order valence-corrected chi connectivity index (χ1v) is 6.85. The number of primary amides is 1. The van der Waals surface area contributed by atoms with Crippen LogP contribution in [0.25, 0.3) is 5.82 Å². The van der Waals surface area contributed by atoms with Gasteiger partial charge in [-0.05, 0) is 36.4 Å². The molecule has 3 rings (SSSR count). The normalized spacial score (nSPS) is 10.4. The highest BCUT2D eigenvalue weighted by Crippen LogP contribution is 2.23. The molecule has 0 saturated heterocycles. The lowest BCUT2D eigenvalue weighted by Crippen LogP contribution is -2.13. The lowest BCUT2D eigenvalue weighted by molar-refractivity contribution is 0.100. The molecule has 0 spiro atoms. The van der Waals surface area contributed by atoms with Gasteiger partial charge in [0.2, 0.25) is 0 Å². The van der Waals surface area contributed by atoms with Crippen LogP contribution in [0.2, 0.25) is 5.02 Å². The van der Waals surface area contributed by atoms with Crippen LogP contribution >= 0.6 is 11.6 Å². The molecule has 110 valence electrons.